The maximum atomic E-state index is 12.0. The Morgan fingerprint density at radius 1 is 1.28 bits per heavy atom. The van der Waals surface area contributed by atoms with Crippen LogP contribution in [0.25, 0.3) is 11.6 Å². The van der Waals surface area contributed by atoms with Crippen molar-refractivity contribution in [3.05, 3.63) is 46.1 Å². The molecular formula is C27H34Cl2N6O4. The number of amides is 1. The number of anilines is 2. The van der Waals surface area contributed by atoms with Crippen LogP contribution < -0.4 is 19.7 Å². The number of rotatable bonds is 10. The van der Waals surface area contributed by atoms with E-state index in [-0.39, 0.29) is 28.0 Å². The molecule has 1 aromatic heterocycles. The highest BCUT2D eigenvalue weighted by atomic mass is 35.5. The van der Waals surface area contributed by atoms with Gasteiger partial charge in [0, 0.05) is 74.3 Å². The van der Waals surface area contributed by atoms with Gasteiger partial charge in [0.15, 0.2) is 6.23 Å². The first-order valence-corrected chi connectivity index (χ1v) is 13.4. The van der Waals surface area contributed by atoms with Gasteiger partial charge in [-0.25, -0.2) is 4.98 Å². The summed E-state index contributed by atoms with van der Waals surface area (Å²) in [5, 5.41) is 15.3. The fourth-order valence-corrected chi connectivity index (χ4v) is 5.71. The van der Waals surface area contributed by atoms with Gasteiger partial charge in [0.1, 0.15) is 17.3 Å². The summed E-state index contributed by atoms with van der Waals surface area (Å²) >= 11 is 13.5. The molecule has 3 heterocycles. The van der Waals surface area contributed by atoms with Crippen molar-refractivity contribution in [1.82, 2.24) is 19.8 Å². The second kappa shape index (κ2) is 12.0. The predicted molar refractivity (Wildman–Crippen MR) is 155 cm³/mol. The van der Waals surface area contributed by atoms with Crippen molar-refractivity contribution in [1.29, 1.82) is 0 Å². The Labute approximate surface area is 238 Å². The Kier molecular flexibility index (Phi) is 8.90. The molecule has 39 heavy (non-hydrogen) atoms. The van der Waals surface area contributed by atoms with Gasteiger partial charge in [-0.1, -0.05) is 29.8 Å². The molecule has 10 nitrogen and oxygen atoms in total. The summed E-state index contributed by atoms with van der Waals surface area (Å²) < 4.78 is 10.9. The van der Waals surface area contributed by atoms with Crippen molar-refractivity contribution < 1.29 is 19.4 Å². The fourth-order valence-electron chi connectivity index (χ4n) is 4.99. The zero-order valence-electron chi connectivity index (χ0n) is 22.7. The van der Waals surface area contributed by atoms with Crippen LogP contribution in [0.4, 0.5) is 11.8 Å². The van der Waals surface area contributed by atoms with E-state index in [9.17, 15) is 9.90 Å². The fraction of sp³-hybridized carbons (Fsp3) is 0.444. The monoisotopic (exact) mass is 576 g/mol. The molecule has 1 unspecified atom stereocenters. The summed E-state index contributed by atoms with van der Waals surface area (Å²) in [4.78, 5) is 26.9. The molecule has 2 aliphatic heterocycles. The Bertz CT molecular complexity index is 1250. The summed E-state index contributed by atoms with van der Waals surface area (Å²) in [6.07, 6.45) is 3.69. The minimum atomic E-state index is -1.13. The van der Waals surface area contributed by atoms with E-state index in [2.05, 4.69) is 40.6 Å². The molecule has 1 fully saturated rings. The number of aliphatic hydroxyl groups excluding tert-OH is 1. The van der Waals surface area contributed by atoms with Gasteiger partial charge < -0.3 is 29.7 Å². The van der Waals surface area contributed by atoms with Gasteiger partial charge in [-0.05, 0) is 26.0 Å². The van der Waals surface area contributed by atoms with Gasteiger partial charge in [-0.15, -0.1) is 0 Å². The van der Waals surface area contributed by atoms with Crippen molar-refractivity contribution in [2.24, 2.45) is 0 Å². The number of carbonyl (C=O) groups is 1. The highest BCUT2D eigenvalue weighted by molar-refractivity contribution is 6.40. The van der Waals surface area contributed by atoms with Crippen LogP contribution in [0.3, 0.4) is 0 Å². The van der Waals surface area contributed by atoms with Crippen LogP contribution in [0, 0.1) is 0 Å². The number of halogens is 2. The molecule has 1 atom stereocenters. The Hall–Kier alpha value is -3.05. The minimum absolute atomic E-state index is 0.0658. The number of aromatic nitrogens is 2. The maximum Gasteiger partial charge on any atom is 0.246 e. The Morgan fingerprint density at radius 3 is 2.46 bits per heavy atom. The number of fused-ring (bicyclic) bond motifs is 1. The normalized spacial score (nSPS) is 17.1. The summed E-state index contributed by atoms with van der Waals surface area (Å²) in [6.45, 7) is 10.1. The second-order valence-electron chi connectivity index (χ2n) is 9.61. The highest BCUT2D eigenvalue weighted by Crippen LogP contribution is 2.47. The first-order chi connectivity index (χ1) is 18.6. The van der Waals surface area contributed by atoms with E-state index in [1.54, 1.807) is 30.3 Å². The summed E-state index contributed by atoms with van der Waals surface area (Å²) in [7, 11) is 4.74. The number of aliphatic hydroxyl groups is 1. The molecule has 0 aliphatic carbocycles. The molecule has 2 aliphatic rings. The quantitative estimate of drug-likeness (QED) is 0.410. The third kappa shape index (κ3) is 5.51. The van der Waals surface area contributed by atoms with Gasteiger partial charge in [-0.3, -0.25) is 9.69 Å². The van der Waals surface area contributed by atoms with Crippen molar-refractivity contribution >= 4 is 52.5 Å². The Morgan fingerprint density at radius 2 is 1.92 bits per heavy atom. The lowest BCUT2D eigenvalue weighted by molar-refractivity contribution is -0.133. The van der Waals surface area contributed by atoms with E-state index in [0.717, 1.165) is 0 Å². The smallest absolute Gasteiger partial charge is 0.246 e. The topological polar surface area (TPSA) is 103 Å². The largest absolute Gasteiger partial charge is 0.495 e. The number of nitrogens with zero attached hydrogens (tertiary/aromatic N) is 5. The van der Waals surface area contributed by atoms with Gasteiger partial charge >= 0.3 is 0 Å². The van der Waals surface area contributed by atoms with E-state index in [0.29, 0.717) is 66.1 Å². The van der Waals surface area contributed by atoms with Crippen LogP contribution in [0.5, 0.6) is 11.5 Å². The number of nitrogens with one attached hydrogen (secondary N) is 1. The molecule has 2 N–H and O–H groups in total. The average Bonchev–Trinajstić information content (AvgIpc) is 2.90. The molecule has 1 aromatic carbocycles. The van der Waals surface area contributed by atoms with Crippen LogP contribution in [-0.2, 0) is 4.79 Å². The lowest BCUT2D eigenvalue weighted by atomic mass is 9.96. The van der Waals surface area contributed by atoms with Crippen molar-refractivity contribution in [2.75, 3.05) is 57.7 Å². The molecule has 1 amide bonds. The zero-order valence-corrected chi connectivity index (χ0v) is 24.3. The Balaban J connectivity index is 1.70. The summed E-state index contributed by atoms with van der Waals surface area (Å²) in [5.74, 6) is 1.68. The van der Waals surface area contributed by atoms with Crippen LogP contribution >= 0.6 is 23.2 Å². The SMILES string of the molecule is C=CC(=O)N1CC(N(CCN2c3nc(NC)ncc3C=C(c3c(Cl)c(OC)cc(OC)c3Cl)C2O)C(C)C)C1. The number of hydrogen-bond acceptors (Lipinski definition) is 9. The molecule has 2 aromatic rings. The van der Waals surface area contributed by atoms with Crippen LogP contribution in [0.1, 0.15) is 25.0 Å². The van der Waals surface area contributed by atoms with Gasteiger partial charge in [0.2, 0.25) is 11.9 Å². The number of benzene rings is 1. The number of likely N-dealkylation sites (tertiary alicyclic amines) is 1. The van der Waals surface area contributed by atoms with Gasteiger partial charge in [0.05, 0.1) is 24.3 Å². The predicted octanol–water partition coefficient (Wildman–Crippen LogP) is 3.63. The number of carbonyl (C=O) groups excluding carboxylic acids is 1. The maximum absolute atomic E-state index is 12.0. The van der Waals surface area contributed by atoms with Crippen molar-refractivity contribution in [3.8, 4) is 11.5 Å². The zero-order chi connectivity index (χ0) is 28.4. The van der Waals surface area contributed by atoms with Crippen molar-refractivity contribution in [3.63, 3.8) is 0 Å². The standard InChI is InChI=1S/C27H34Cl2N6O4/c1-7-21(36)33-13-17(14-33)34(15(2)3)8-9-35-25-16(12-31-27(30-4)32-25)10-18(26(35)37)22-23(28)19(38-5)11-20(39-6)24(22)29/h7,10-12,15,17,26,37H,1,8-9,13-14H2,2-6H3,(H,30,31,32). The molecule has 1 saturated heterocycles. The average molecular weight is 578 g/mol. The van der Waals surface area contributed by atoms with Crippen LogP contribution in [0.2, 0.25) is 10.0 Å². The van der Waals surface area contributed by atoms with E-state index >= 15 is 0 Å². The molecular weight excluding hydrogens is 543 g/mol. The third-order valence-electron chi connectivity index (χ3n) is 7.12. The third-order valence-corrected chi connectivity index (χ3v) is 7.87. The molecule has 0 spiro atoms. The summed E-state index contributed by atoms with van der Waals surface area (Å²) in [5.41, 5.74) is 1.58. The van der Waals surface area contributed by atoms with E-state index in [4.69, 9.17) is 32.7 Å². The molecule has 0 radical (unpaired) electrons. The van der Waals surface area contributed by atoms with Crippen LogP contribution in [-0.4, -0.2) is 96.5 Å². The molecule has 210 valence electrons. The molecule has 4 rings (SSSR count). The summed E-state index contributed by atoms with van der Waals surface area (Å²) in [6, 6.07) is 2.03. The molecule has 0 bridgehead atoms. The number of ether oxygens (including phenoxy) is 2. The van der Waals surface area contributed by atoms with Gasteiger partial charge in [0.25, 0.3) is 0 Å². The first kappa shape index (κ1) is 28.9. The highest BCUT2D eigenvalue weighted by Gasteiger charge is 2.37. The lowest BCUT2D eigenvalue weighted by Gasteiger charge is -2.47. The lowest BCUT2D eigenvalue weighted by Crippen LogP contribution is -2.63. The minimum Gasteiger partial charge on any atom is -0.495 e. The van der Waals surface area contributed by atoms with Crippen molar-refractivity contribution in [2.45, 2.75) is 32.2 Å². The molecule has 0 saturated carbocycles. The second-order valence-corrected chi connectivity index (χ2v) is 10.4. The van der Waals surface area contributed by atoms with Crippen LogP contribution in [0.15, 0.2) is 24.9 Å². The molecule has 12 heteroatoms. The first-order valence-electron chi connectivity index (χ1n) is 12.6. The number of hydrogen-bond donors (Lipinski definition) is 2. The number of methoxy groups -OCH3 is 2. The van der Waals surface area contributed by atoms with E-state index in [1.807, 2.05) is 4.90 Å². The van der Waals surface area contributed by atoms with E-state index < -0.39 is 6.23 Å². The van der Waals surface area contributed by atoms with E-state index in [1.165, 1.54) is 20.3 Å². The van der Waals surface area contributed by atoms with Gasteiger partial charge in [-0.2, -0.15) is 4.98 Å².